The zero-order valence-corrected chi connectivity index (χ0v) is 25.8. The molecule has 0 radical (unpaired) electrons. The first-order valence-corrected chi connectivity index (χ1v) is 25.6. The van der Waals surface area contributed by atoms with Crippen LogP contribution in [0.2, 0.25) is 78.6 Å². The molecule has 0 N–H and O–H groups in total. The molecule has 30 heavy (non-hydrogen) atoms. The van der Waals surface area contributed by atoms with Gasteiger partial charge in [-0.3, -0.25) is 0 Å². The summed E-state index contributed by atoms with van der Waals surface area (Å²) in [6.45, 7) is 28.8. The molecule has 0 bridgehead atoms. The van der Waals surface area contributed by atoms with Crippen molar-refractivity contribution in [1.82, 2.24) is 0 Å². The Balaban J connectivity index is 3.72. The number of rotatable bonds is 8. The molecule has 166 valence electrons. The van der Waals surface area contributed by atoms with E-state index in [0.29, 0.717) is 0 Å². The Hall–Kier alpha value is -0.952. The highest BCUT2D eigenvalue weighted by atomic mass is 28.3. The lowest BCUT2D eigenvalue weighted by Gasteiger charge is -2.15. The fourth-order valence-corrected chi connectivity index (χ4v) is 5.32. The Morgan fingerprint density at radius 1 is 0.367 bits per heavy atom. The van der Waals surface area contributed by atoms with Gasteiger partial charge in [0.2, 0.25) is 0 Å². The minimum absolute atomic E-state index is 1.26. The van der Waals surface area contributed by atoms with Crippen molar-refractivity contribution in [3.05, 3.63) is 57.2 Å². The van der Waals surface area contributed by atoms with Gasteiger partial charge in [-0.25, -0.2) is 0 Å². The standard InChI is InChI=1S/C26H46Si4/c1-27(2,3)17-13-23-21-25(15-19-29(7,8)9)26(16-20-30(10,11)12)22-24(23)14-18-28(4,5)6/h13-22H,1-12H3. The third-order valence-electron chi connectivity index (χ3n) is 4.34. The van der Waals surface area contributed by atoms with Crippen LogP contribution < -0.4 is 0 Å². The fourth-order valence-electron chi connectivity index (χ4n) is 2.60. The molecule has 1 rings (SSSR count). The minimum atomic E-state index is -1.26. The molecular formula is C26H46Si4. The first-order chi connectivity index (χ1) is 13.3. The van der Waals surface area contributed by atoms with Crippen molar-refractivity contribution >= 4 is 56.6 Å². The quantitative estimate of drug-likeness (QED) is 0.332. The summed E-state index contributed by atoms with van der Waals surface area (Å²) in [6, 6.07) is 4.84. The molecule has 0 saturated carbocycles. The second-order valence-corrected chi connectivity index (χ2v) is 33.2. The van der Waals surface area contributed by atoms with E-state index in [0.717, 1.165) is 0 Å². The fraction of sp³-hybridized carbons (Fsp3) is 0.462. The first kappa shape index (κ1) is 27.1. The van der Waals surface area contributed by atoms with Gasteiger partial charge in [-0.1, -0.05) is 126 Å². The van der Waals surface area contributed by atoms with Crippen molar-refractivity contribution in [3.63, 3.8) is 0 Å². The van der Waals surface area contributed by atoms with Crippen LogP contribution in [0.4, 0.5) is 0 Å². The van der Waals surface area contributed by atoms with Crippen molar-refractivity contribution in [2.45, 2.75) is 78.6 Å². The highest BCUT2D eigenvalue weighted by Crippen LogP contribution is 2.25. The maximum atomic E-state index is 2.47. The Morgan fingerprint density at radius 2 is 0.533 bits per heavy atom. The number of hydrogen-bond donors (Lipinski definition) is 0. The largest absolute Gasteiger partial charge is 0.0944 e. The molecule has 0 aliphatic carbocycles. The monoisotopic (exact) mass is 470 g/mol. The smallest absolute Gasteiger partial charge is 0.0687 e. The molecule has 0 aromatic heterocycles. The van der Waals surface area contributed by atoms with Crippen LogP contribution in [0.15, 0.2) is 34.9 Å². The second-order valence-electron chi connectivity index (χ2n) is 12.9. The van der Waals surface area contributed by atoms with Crippen molar-refractivity contribution < 1.29 is 0 Å². The average molecular weight is 471 g/mol. The van der Waals surface area contributed by atoms with Gasteiger partial charge in [-0.2, -0.15) is 0 Å². The molecule has 0 amide bonds. The molecule has 0 heterocycles. The summed E-state index contributed by atoms with van der Waals surface area (Å²) in [5.74, 6) is 0. The van der Waals surface area contributed by atoms with E-state index < -0.39 is 32.3 Å². The lowest BCUT2D eigenvalue weighted by Crippen LogP contribution is -2.16. The minimum Gasteiger partial charge on any atom is -0.0944 e. The van der Waals surface area contributed by atoms with E-state index in [9.17, 15) is 0 Å². The predicted molar refractivity (Wildman–Crippen MR) is 156 cm³/mol. The van der Waals surface area contributed by atoms with E-state index in [1.165, 1.54) is 22.3 Å². The van der Waals surface area contributed by atoms with E-state index in [1.54, 1.807) is 0 Å². The van der Waals surface area contributed by atoms with Crippen molar-refractivity contribution in [1.29, 1.82) is 0 Å². The molecule has 0 unspecified atom stereocenters. The Labute approximate surface area is 191 Å². The third-order valence-corrected chi connectivity index (χ3v) is 9.01. The van der Waals surface area contributed by atoms with Gasteiger partial charge < -0.3 is 0 Å². The second kappa shape index (κ2) is 10.1. The van der Waals surface area contributed by atoms with Crippen LogP contribution in [-0.4, -0.2) is 32.3 Å². The highest BCUT2D eigenvalue weighted by Gasteiger charge is 2.13. The summed E-state index contributed by atoms with van der Waals surface area (Å²) in [5, 5.41) is 0. The zero-order valence-electron chi connectivity index (χ0n) is 21.8. The van der Waals surface area contributed by atoms with Crippen LogP contribution in [0.5, 0.6) is 0 Å². The van der Waals surface area contributed by atoms with Gasteiger partial charge in [0.15, 0.2) is 0 Å². The van der Waals surface area contributed by atoms with E-state index in [4.69, 9.17) is 0 Å². The third kappa shape index (κ3) is 12.0. The molecular weight excluding hydrogens is 425 g/mol. The number of hydrogen-bond acceptors (Lipinski definition) is 0. The number of benzene rings is 1. The molecule has 0 spiro atoms. The zero-order chi connectivity index (χ0) is 23.4. The lowest BCUT2D eigenvalue weighted by atomic mass is 9.98. The van der Waals surface area contributed by atoms with Crippen LogP contribution in [0, 0.1) is 0 Å². The van der Waals surface area contributed by atoms with Gasteiger partial charge >= 0.3 is 0 Å². The summed E-state index contributed by atoms with van der Waals surface area (Å²) in [4.78, 5) is 0. The Kier molecular flexibility index (Phi) is 9.13. The molecule has 0 saturated heterocycles. The summed E-state index contributed by atoms with van der Waals surface area (Å²) >= 11 is 0. The van der Waals surface area contributed by atoms with Crippen LogP contribution >= 0.6 is 0 Å². The van der Waals surface area contributed by atoms with E-state index in [-0.39, 0.29) is 0 Å². The maximum Gasteiger partial charge on any atom is 0.0687 e. The van der Waals surface area contributed by atoms with Gasteiger partial charge in [0.1, 0.15) is 0 Å². The molecule has 0 fully saturated rings. The predicted octanol–water partition coefficient (Wildman–Crippen LogP) is 9.25. The summed E-state index contributed by atoms with van der Waals surface area (Å²) in [6.07, 6.45) is 9.53. The van der Waals surface area contributed by atoms with Gasteiger partial charge in [0.05, 0.1) is 32.3 Å². The van der Waals surface area contributed by atoms with Crippen LogP contribution in [0.3, 0.4) is 0 Å². The molecule has 1 aromatic carbocycles. The topological polar surface area (TPSA) is 0 Å². The van der Waals surface area contributed by atoms with E-state index in [1.807, 2.05) is 0 Å². The van der Waals surface area contributed by atoms with Crippen molar-refractivity contribution in [2.24, 2.45) is 0 Å². The summed E-state index contributed by atoms with van der Waals surface area (Å²) < 4.78 is 0. The molecule has 0 atom stereocenters. The average Bonchev–Trinajstić information content (AvgIpc) is 2.52. The maximum absolute atomic E-state index is 2.47. The van der Waals surface area contributed by atoms with Crippen molar-refractivity contribution in [2.75, 3.05) is 0 Å². The molecule has 1 aromatic rings. The lowest BCUT2D eigenvalue weighted by molar-refractivity contribution is 1.54. The highest BCUT2D eigenvalue weighted by molar-refractivity contribution is 6.82. The SMILES string of the molecule is C[Si](C)(C)C=Cc1cc(C=C[Si](C)(C)C)c(C=C[Si](C)(C)C)cc1C=C[Si](C)(C)C. The van der Waals surface area contributed by atoms with Gasteiger partial charge in [-0.05, 0) is 34.4 Å². The molecule has 4 heteroatoms. The summed E-state index contributed by atoms with van der Waals surface area (Å²) in [7, 11) is -5.03. The van der Waals surface area contributed by atoms with E-state index in [2.05, 4.69) is 138 Å². The Morgan fingerprint density at radius 3 is 0.667 bits per heavy atom. The van der Waals surface area contributed by atoms with Gasteiger partial charge in [0, 0.05) is 0 Å². The van der Waals surface area contributed by atoms with Crippen molar-refractivity contribution in [3.8, 4) is 0 Å². The Bertz CT molecular complexity index is 690. The first-order valence-electron chi connectivity index (χ1n) is 11.3. The van der Waals surface area contributed by atoms with Crippen LogP contribution in [0.1, 0.15) is 22.3 Å². The molecule has 0 aliphatic rings. The molecule has 0 nitrogen and oxygen atoms in total. The van der Waals surface area contributed by atoms with Crippen LogP contribution in [0.25, 0.3) is 24.3 Å². The van der Waals surface area contributed by atoms with Crippen LogP contribution in [-0.2, 0) is 0 Å². The normalized spacial score (nSPS) is 14.8. The van der Waals surface area contributed by atoms with E-state index >= 15 is 0 Å². The van der Waals surface area contributed by atoms with Gasteiger partial charge in [-0.15, -0.1) is 0 Å². The summed E-state index contributed by atoms with van der Waals surface area (Å²) in [5.41, 5.74) is 15.3. The van der Waals surface area contributed by atoms with Gasteiger partial charge in [0.25, 0.3) is 0 Å². The molecule has 0 aliphatic heterocycles.